The van der Waals surface area contributed by atoms with Gasteiger partial charge in [-0.05, 0) is 18.2 Å². The molecule has 1 aliphatic rings. The van der Waals surface area contributed by atoms with E-state index in [9.17, 15) is 4.79 Å². The Bertz CT molecular complexity index is 851. The molecule has 0 spiro atoms. The highest BCUT2D eigenvalue weighted by Gasteiger charge is 2.32. The standard InChI is InChI=1S/C17H18N4O2/c1-20-8-4-7-14(20)15-11-23-10-9-21(15)17(22)16-12-5-2-3-6-13(12)18-19-16/h2-8,15H,9-11H2,1H3,(H,18,19)/t15-/m0/s1. The number of morpholine rings is 1. The first-order valence-electron chi connectivity index (χ1n) is 7.69. The van der Waals surface area contributed by atoms with E-state index in [2.05, 4.69) is 10.2 Å². The number of ether oxygens (including phenoxy) is 1. The minimum atomic E-state index is -0.0910. The predicted molar refractivity (Wildman–Crippen MR) is 86.1 cm³/mol. The Morgan fingerprint density at radius 3 is 3.00 bits per heavy atom. The van der Waals surface area contributed by atoms with Crippen LogP contribution in [-0.4, -0.2) is 45.3 Å². The van der Waals surface area contributed by atoms with Crippen LogP contribution in [0.25, 0.3) is 10.9 Å². The molecule has 0 radical (unpaired) electrons. The lowest BCUT2D eigenvalue weighted by Gasteiger charge is -2.35. The van der Waals surface area contributed by atoms with Crippen LogP contribution in [0.3, 0.4) is 0 Å². The van der Waals surface area contributed by atoms with Crippen LogP contribution in [0.1, 0.15) is 22.2 Å². The molecular formula is C17H18N4O2. The van der Waals surface area contributed by atoms with Gasteiger partial charge in [-0.1, -0.05) is 18.2 Å². The number of aromatic amines is 1. The van der Waals surface area contributed by atoms with E-state index in [1.165, 1.54) is 0 Å². The average molecular weight is 310 g/mol. The molecule has 1 N–H and O–H groups in total. The van der Waals surface area contributed by atoms with Gasteiger partial charge in [0.25, 0.3) is 5.91 Å². The molecule has 1 aliphatic heterocycles. The number of rotatable bonds is 2. The predicted octanol–water partition coefficient (Wildman–Crippen LogP) is 2.12. The highest BCUT2D eigenvalue weighted by atomic mass is 16.5. The van der Waals surface area contributed by atoms with E-state index in [0.717, 1.165) is 16.6 Å². The molecule has 1 saturated heterocycles. The van der Waals surface area contributed by atoms with Gasteiger partial charge in [-0.3, -0.25) is 9.89 Å². The van der Waals surface area contributed by atoms with Gasteiger partial charge in [0.1, 0.15) is 0 Å². The monoisotopic (exact) mass is 310 g/mol. The largest absolute Gasteiger partial charge is 0.377 e. The number of aryl methyl sites for hydroxylation is 1. The maximum atomic E-state index is 13.1. The normalized spacial score (nSPS) is 18.5. The first-order valence-corrected chi connectivity index (χ1v) is 7.69. The van der Waals surface area contributed by atoms with Crippen molar-refractivity contribution in [3.63, 3.8) is 0 Å². The molecule has 6 heteroatoms. The minimum Gasteiger partial charge on any atom is -0.377 e. The van der Waals surface area contributed by atoms with Crippen LogP contribution in [0.5, 0.6) is 0 Å². The van der Waals surface area contributed by atoms with Crippen molar-refractivity contribution in [3.05, 3.63) is 54.0 Å². The Kier molecular flexibility index (Phi) is 3.38. The lowest BCUT2D eigenvalue weighted by molar-refractivity contribution is -0.00484. The summed E-state index contributed by atoms with van der Waals surface area (Å²) in [5.74, 6) is -0.0584. The van der Waals surface area contributed by atoms with Crippen LogP contribution < -0.4 is 0 Å². The van der Waals surface area contributed by atoms with Gasteiger partial charge < -0.3 is 14.2 Å². The summed E-state index contributed by atoms with van der Waals surface area (Å²) in [5, 5.41) is 8.04. The van der Waals surface area contributed by atoms with Gasteiger partial charge in [-0.2, -0.15) is 5.10 Å². The Hall–Kier alpha value is -2.60. The number of para-hydroxylation sites is 1. The van der Waals surface area contributed by atoms with Crippen molar-refractivity contribution in [2.45, 2.75) is 6.04 Å². The topological polar surface area (TPSA) is 63.1 Å². The fourth-order valence-electron chi connectivity index (χ4n) is 3.17. The van der Waals surface area contributed by atoms with Crippen molar-refractivity contribution in [2.75, 3.05) is 19.8 Å². The third-order valence-corrected chi connectivity index (χ3v) is 4.39. The zero-order chi connectivity index (χ0) is 15.8. The molecule has 1 amide bonds. The third-order valence-electron chi connectivity index (χ3n) is 4.39. The number of nitrogens with zero attached hydrogens (tertiary/aromatic N) is 3. The molecule has 6 nitrogen and oxygen atoms in total. The van der Waals surface area contributed by atoms with Crippen molar-refractivity contribution in [3.8, 4) is 0 Å². The lowest BCUT2D eigenvalue weighted by atomic mass is 10.1. The molecular weight excluding hydrogens is 292 g/mol. The number of hydrogen-bond donors (Lipinski definition) is 1. The summed E-state index contributed by atoms with van der Waals surface area (Å²) in [5.41, 5.74) is 2.42. The molecule has 0 saturated carbocycles. The Labute approximate surface area is 133 Å². The molecule has 118 valence electrons. The van der Waals surface area contributed by atoms with Gasteiger partial charge in [-0.15, -0.1) is 0 Å². The Morgan fingerprint density at radius 2 is 2.17 bits per heavy atom. The fraction of sp³-hybridized carbons (Fsp3) is 0.294. The maximum Gasteiger partial charge on any atom is 0.275 e. The van der Waals surface area contributed by atoms with Crippen LogP contribution in [0.4, 0.5) is 0 Å². The van der Waals surface area contributed by atoms with Gasteiger partial charge >= 0.3 is 0 Å². The van der Waals surface area contributed by atoms with Gasteiger partial charge in [0, 0.05) is 30.9 Å². The molecule has 23 heavy (non-hydrogen) atoms. The lowest BCUT2D eigenvalue weighted by Crippen LogP contribution is -2.44. The van der Waals surface area contributed by atoms with Crippen molar-refractivity contribution >= 4 is 16.8 Å². The van der Waals surface area contributed by atoms with Crippen LogP contribution in [-0.2, 0) is 11.8 Å². The molecule has 0 bridgehead atoms. The summed E-state index contributed by atoms with van der Waals surface area (Å²) >= 11 is 0. The van der Waals surface area contributed by atoms with E-state index in [0.29, 0.717) is 25.5 Å². The number of aromatic nitrogens is 3. The minimum absolute atomic E-state index is 0.0584. The van der Waals surface area contributed by atoms with E-state index in [-0.39, 0.29) is 11.9 Å². The summed E-state index contributed by atoms with van der Waals surface area (Å²) in [6, 6.07) is 11.6. The molecule has 2 aromatic heterocycles. The molecule has 4 rings (SSSR count). The van der Waals surface area contributed by atoms with Gasteiger partial charge in [-0.25, -0.2) is 0 Å². The van der Waals surface area contributed by atoms with Crippen molar-refractivity contribution in [2.24, 2.45) is 7.05 Å². The zero-order valence-corrected chi connectivity index (χ0v) is 12.9. The molecule has 1 aromatic carbocycles. The second-order valence-corrected chi connectivity index (χ2v) is 5.75. The molecule has 1 atom stereocenters. The number of carbonyl (C=O) groups is 1. The second kappa shape index (κ2) is 5.55. The van der Waals surface area contributed by atoms with E-state index in [4.69, 9.17) is 4.74 Å². The van der Waals surface area contributed by atoms with E-state index >= 15 is 0 Å². The van der Waals surface area contributed by atoms with Crippen LogP contribution in [0, 0.1) is 0 Å². The summed E-state index contributed by atoms with van der Waals surface area (Å²) in [6.07, 6.45) is 1.98. The van der Waals surface area contributed by atoms with E-state index in [1.807, 2.05) is 59.1 Å². The summed E-state index contributed by atoms with van der Waals surface area (Å²) in [4.78, 5) is 14.9. The number of carbonyl (C=O) groups excluding carboxylic acids is 1. The molecule has 0 unspecified atom stereocenters. The van der Waals surface area contributed by atoms with Crippen LogP contribution in [0.2, 0.25) is 0 Å². The number of hydrogen-bond acceptors (Lipinski definition) is 3. The number of nitrogens with one attached hydrogen (secondary N) is 1. The van der Waals surface area contributed by atoms with Gasteiger partial charge in [0.2, 0.25) is 0 Å². The number of H-pyrrole nitrogens is 1. The van der Waals surface area contributed by atoms with Crippen LogP contribution >= 0.6 is 0 Å². The van der Waals surface area contributed by atoms with Crippen molar-refractivity contribution in [1.82, 2.24) is 19.7 Å². The van der Waals surface area contributed by atoms with E-state index in [1.54, 1.807) is 0 Å². The molecule has 3 heterocycles. The molecule has 3 aromatic rings. The summed E-state index contributed by atoms with van der Waals surface area (Å²) in [7, 11) is 1.98. The quantitative estimate of drug-likeness (QED) is 0.788. The molecule has 0 aliphatic carbocycles. The van der Waals surface area contributed by atoms with Crippen molar-refractivity contribution < 1.29 is 9.53 Å². The smallest absolute Gasteiger partial charge is 0.275 e. The molecule has 1 fully saturated rings. The average Bonchev–Trinajstić information content (AvgIpc) is 3.20. The third kappa shape index (κ3) is 2.31. The Morgan fingerprint density at radius 1 is 1.30 bits per heavy atom. The van der Waals surface area contributed by atoms with Gasteiger partial charge in [0.05, 0.1) is 24.8 Å². The maximum absolute atomic E-state index is 13.1. The number of amides is 1. The summed E-state index contributed by atoms with van der Waals surface area (Å²) < 4.78 is 7.64. The second-order valence-electron chi connectivity index (χ2n) is 5.75. The Balaban J connectivity index is 1.72. The van der Waals surface area contributed by atoms with Gasteiger partial charge in [0.15, 0.2) is 5.69 Å². The number of fused-ring (bicyclic) bond motifs is 1. The number of benzene rings is 1. The fourth-order valence-corrected chi connectivity index (χ4v) is 3.17. The van der Waals surface area contributed by atoms with E-state index < -0.39 is 0 Å². The van der Waals surface area contributed by atoms with Crippen LogP contribution in [0.15, 0.2) is 42.6 Å². The highest BCUT2D eigenvalue weighted by molar-refractivity contribution is 6.04. The summed E-state index contributed by atoms with van der Waals surface area (Å²) in [6.45, 7) is 1.62. The SMILES string of the molecule is Cn1cccc1[C@@H]1COCCN1C(=O)c1n[nH]c2ccccc12. The highest BCUT2D eigenvalue weighted by Crippen LogP contribution is 2.27. The van der Waals surface area contributed by atoms with Crippen molar-refractivity contribution in [1.29, 1.82) is 0 Å². The first-order chi connectivity index (χ1) is 11.3. The zero-order valence-electron chi connectivity index (χ0n) is 12.9. The first kappa shape index (κ1) is 14.0.